The van der Waals surface area contributed by atoms with E-state index in [1.807, 2.05) is 11.8 Å². The van der Waals surface area contributed by atoms with E-state index in [4.69, 9.17) is 4.74 Å². The van der Waals surface area contributed by atoms with Crippen LogP contribution in [0.15, 0.2) is 24.3 Å². The number of benzene rings is 1. The van der Waals surface area contributed by atoms with Gasteiger partial charge in [0.1, 0.15) is 5.75 Å². The molecule has 1 aromatic carbocycles. The van der Waals surface area contributed by atoms with Gasteiger partial charge in [-0.2, -0.15) is 11.8 Å². The first kappa shape index (κ1) is 15.7. The molecule has 2 rings (SSSR count). The summed E-state index contributed by atoms with van der Waals surface area (Å²) in [5.74, 6) is 2.11. The summed E-state index contributed by atoms with van der Waals surface area (Å²) in [4.78, 5) is 0. The molecule has 0 saturated heterocycles. The molecular weight excluding hydrogens is 266 g/mol. The Morgan fingerprint density at radius 3 is 2.70 bits per heavy atom. The van der Waals surface area contributed by atoms with Crippen molar-refractivity contribution in [3.05, 3.63) is 29.8 Å². The maximum absolute atomic E-state index is 5.91. The van der Waals surface area contributed by atoms with E-state index >= 15 is 0 Å². The lowest BCUT2D eigenvalue weighted by atomic mass is 10.1. The molecule has 0 heterocycles. The molecule has 1 aromatic rings. The Labute approximate surface area is 127 Å². The van der Waals surface area contributed by atoms with E-state index < -0.39 is 0 Å². The summed E-state index contributed by atoms with van der Waals surface area (Å²) in [5, 5.41) is 3.59. The van der Waals surface area contributed by atoms with E-state index in [1.54, 1.807) is 0 Å². The van der Waals surface area contributed by atoms with Gasteiger partial charge in [0, 0.05) is 16.5 Å². The molecule has 1 atom stereocenters. The van der Waals surface area contributed by atoms with Crippen molar-refractivity contribution in [1.29, 1.82) is 0 Å². The molecule has 0 amide bonds. The minimum atomic E-state index is 0.301. The lowest BCUT2D eigenvalue weighted by Crippen LogP contribution is -2.25. The molecule has 1 N–H and O–H groups in total. The highest BCUT2D eigenvalue weighted by molar-refractivity contribution is 8.00. The van der Waals surface area contributed by atoms with Gasteiger partial charge in [0.15, 0.2) is 0 Å². The predicted octanol–water partition coefficient (Wildman–Crippen LogP) is 4.41. The largest absolute Gasteiger partial charge is 0.490 e. The second-order valence-corrected chi connectivity index (χ2v) is 8.27. The Hall–Kier alpha value is -0.670. The zero-order valence-corrected chi connectivity index (χ0v) is 13.9. The van der Waals surface area contributed by atoms with Crippen LogP contribution >= 0.6 is 11.8 Å². The van der Waals surface area contributed by atoms with Gasteiger partial charge in [-0.1, -0.05) is 39.8 Å². The standard InChI is InChI=1S/C17H27NOS/c1-5-18-16(12-20-17(2,3)4)13-7-6-8-15(11-13)19-14-9-10-14/h6-8,11,14,16,18H,5,9-10,12H2,1-4H3. The van der Waals surface area contributed by atoms with Crippen LogP contribution in [0.3, 0.4) is 0 Å². The Morgan fingerprint density at radius 1 is 1.35 bits per heavy atom. The summed E-state index contributed by atoms with van der Waals surface area (Å²) in [7, 11) is 0. The molecule has 0 spiro atoms. The van der Waals surface area contributed by atoms with Crippen LogP contribution in [0.1, 0.15) is 52.1 Å². The van der Waals surface area contributed by atoms with Crippen LogP contribution < -0.4 is 10.1 Å². The third-order valence-corrected chi connectivity index (χ3v) is 4.59. The first-order valence-electron chi connectivity index (χ1n) is 7.62. The number of thioether (sulfide) groups is 1. The minimum Gasteiger partial charge on any atom is -0.490 e. The topological polar surface area (TPSA) is 21.3 Å². The zero-order valence-electron chi connectivity index (χ0n) is 13.1. The monoisotopic (exact) mass is 293 g/mol. The molecule has 1 fully saturated rings. The fraction of sp³-hybridized carbons (Fsp3) is 0.647. The van der Waals surface area contributed by atoms with Crippen molar-refractivity contribution in [2.75, 3.05) is 12.3 Å². The summed E-state index contributed by atoms with van der Waals surface area (Å²) < 4.78 is 6.21. The Bertz CT molecular complexity index is 423. The van der Waals surface area contributed by atoms with Gasteiger partial charge in [0.05, 0.1) is 6.10 Å². The van der Waals surface area contributed by atoms with E-state index in [2.05, 4.69) is 57.3 Å². The highest BCUT2D eigenvalue weighted by Crippen LogP contribution is 2.31. The van der Waals surface area contributed by atoms with E-state index in [9.17, 15) is 0 Å². The van der Waals surface area contributed by atoms with Crippen LogP contribution in [-0.4, -0.2) is 23.1 Å². The first-order valence-corrected chi connectivity index (χ1v) is 8.60. The van der Waals surface area contributed by atoms with Crippen LogP contribution in [0.2, 0.25) is 0 Å². The van der Waals surface area contributed by atoms with Crippen molar-refractivity contribution < 1.29 is 4.74 Å². The van der Waals surface area contributed by atoms with Crippen molar-refractivity contribution in [2.24, 2.45) is 0 Å². The third kappa shape index (κ3) is 5.37. The van der Waals surface area contributed by atoms with Crippen molar-refractivity contribution in [3.8, 4) is 5.75 Å². The first-order chi connectivity index (χ1) is 9.48. The van der Waals surface area contributed by atoms with Gasteiger partial charge < -0.3 is 10.1 Å². The average Bonchev–Trinajstić information content (AvgIpc) is 3.17. The van der Waals surface area contributed by atoms with Gasteiger partial charge in [-0.3, -0.25) is 0 Å². The number of rotatable bonds is 7. The molecule has 0 radical (unpaired) electrons. The Kier molecular flexibility index (Phi) is 5.39. The fourth-order valence-electron chi connectivity index (χ4n) is 2.04. The molecule has 0 bridgehead atoms. The van der Waals surface area contributed by atoms with Gasteiger partial charge in [0.25, 0.3) is 0 Å². The maximum Gasteiger partial charge on any atom is 0.120 e. The molecule has 0 aliphatic heterocycles. The molecule has 112 valence electrons. The fourth-order valence-corrected chi connectivity index (χ4v) is 3.01. The maximum atomic E-state index is 5.91. The van der Waals surface area contributed by atoms with Gasteiger partial charge in [-0.25, -0.2) is 0 Å². The quantitative estimate of drug-likeness (QED) is 0.804. The Balaban J connectivity index is 2.02. The normalized spacial score (nSPS) is 17.0. The van der Waals surface area contributed by atoms with E-state index in [1.165, 1.54) is 18.4 Å². The van der Waals surface area contributed by atoms with E-state index in [-0.39, 0.29) is 0 Å². The highest BCUT2D eigenvalue weighted by Gasteiger charge is 2.24. The molecule has 0 aromatic heterocycles. The lowest BCUT2D eigenvalue weighted by Gasteiger charge is -2.24. The van der Waals surface area contributed by atoms with Crippen molar-refractivity contribution in [1.82, 2.24) is 5.32 Å². The summed E-state index contributed by atoms with van der Waals surface area (Å²) in [6.07, 6.45) is 2.88. The third-order valence-electron chi connectivity index (χ3n) is 3.22. The van der Waals surface area contributed by atoms with Crippen molar-refractivity contribution in [2.45, 2.75) is 57.4 Å². The number of hydrogen-bond donors (Lipinski definition) is 1. The van der Waals surface area contributed by atoms with Gasteiger partial charge in [-0.05, 0) is 37.1 Å². The predicted molar refractivity (Wildman–Crippen MR) is 88.7 cm³/mol. The van der Waals surface area contributed by atoms with Crippen molar-refractivity contribution >= 4 is 11.8 Å². The summed E-state index contributed by atoms with van der Waals surface area (Å²) in [6, 6.07) is 8.98. The summed E-state index contributed by atoms with van der Waals surface area (Å²) >= 11 is 2.01. The molecule has 3 heteroatoms. The van der Waals surface area contributed by atoms with E-state index in [0.29, 0.717) is 16.9 Å². The van der Waals surface area contributed by atoms with E-state index in [0.717, 1.165) is 18.0 Å². The molecule has 20 heavy (non-hydrogen) atoms. The molecule has 1 aliphatic rings. The van der Waals surface area contributed by atoms with Gasteiger partial charge >= 0.3 is 0 Å². The van der Waals surface area contributed by atoms with Crippen LogP contribution in [0.4, 0.5) is 0 Å². The molecule has 1 unspecified atom stereocenters. The summed E-state index contributed by atoms with van der Waals surface area (Å²) in [5.41, 5.74) is 1.33. The van der Waals surface area contributed by atoms with Crippen molar-refractivity contribution in [3.63, 3.8) is 0 Å². The highest BCUT2D eigenvalue weighted by atomic mass is 32.2. The number of hydrogen-bond acceptors (Lipinski definition) is 3. The second kappa shape index (κ2) is 6.86. The van der Waals surface area contributed by atoms with Crippen LogP contribution in [-0.2, 0) is 0 Å². The van der Waals surface area contributed by atoms with Gasteiger partial charge in [-0.15, -0.1) is 0 Å². The molecule has 2 nitrogen and oxygen atoms in total. The average molecular weight is 293 g/mol. The molecule has 1 saturated carbocycles. The van der Waals surface area contributed by atoms with Crippen LogP contribution in [0.5, 0.6) is 5.75 Å². The Morgan fingerprint density at radius 2 is 2.10 bits per heavy atom. The molecular formula is C17H27NOS. The second-order valence-electron chi connectivity index (χ2n) is 6.42. The molecule has 1 aliphatic carbocycles. The van der Waals surface area contributed by atoms with Crippen LogP contribution in [0, 0.1) is 0 Å². The minimum absolute atomic E-state index is 0.301. The van der Waals surface area contributed by atoms with Gasteiger partial charge in [0.2, 0.25) is 0 Å². The lowest BCUT2D eigenvalue weighted by molar-refractivity contribution is 0.302. The number of nitrogens with one attached hydrogen (secondary N) is 1. The summed E-state index contributed by atoms with van der Waals surface area (Å²) in [6.45, 7) is 9.97. The zero-order chi connectivity index (χ0) is 14.6. The smallest absolute Gasteiger partial charge is 0.120 e. The van der Waals surface area contributed by atoms with Crippen LogP contribution in [0.25, 0.3) is 0 Å². The SMILES string of the molecule is CCNC(CSC(C)(C)C)c1cccc(OC2CC2)c1. The number of ether oxygens (including phenoxy) is 1.